The van der Waals surface area contributed by atoms with Crippen LogP contribution in [0, 0.1) is 23.7 Å². The zero-order chi connectivity index (χ0) is 13.9. The van der Waals surface area contributed by atoms with Crippen LogP contribution in [0.5, 0.6) is 0 Å². The predicted octanol–water partition coefficient (Wildman–Crippen LogP) is 0.103. The van der Waals surface area contributed by atoms with Crippen LogP contribution < -0.4 is 0 Å². The van der Waals surface area contributed by atoms with E-state index in [-0.39, 0.29) is 11.8 Å². The number of rotatable bonds is 0. The second-order valence-corrected chi connectivity index (χ2v) is 5.34. The molecule has 4 amide bonds. The van der Waals surface area contributed by atoms with Gasteiger partial charge < -0.3 is 0 Å². The first-order valence-electron chi connectivity index (χ1n) is 6.30. The fourth-order valence-corrected chi connectivity index (χ4v) is 3.57. The molecule has 3 aliphatic rings. The summed E-state index contributed by atoms with van der Waals surface area (Å²) in [4.78, 5) is 48.1. The maximum atomic E-state index is 12.4. The number of hydrazine groups is 1. The van der Waals surface area contributed by atoms with E-state index in [1.807, 2.05) is 12.2 Å². The molecule has 0 aromatic rings. The van der Waals surface area contributed by atoms with Crippen LogP contribution in [0.25, 0.3) is 0 Å². The lowest BCUT2D eigenvalue weighted by molar-refractivity contribution is -0.191. The highest BCUT2D eigenvalue weighted by Gasteiger charge is 2.59. The van der Waals surface area contributed by atoms with Gasteiger partial charge in [-0.3, -0.25) is 19.2 Å². The van der Waals surface area contributed by atoms with Crippen molar-refractivity contribution in [2.24, 2.45) is 23.7 Å². The molecule has 1 saturated heterocycles. The summed E-state index contributed by atoms with van der Waals surface area (Å²) in [6, 6.07) is 0. The standard InChI is InChI=1S/C13H14N2O4/c1-6(16)14-12(18)10-8-3-4-9(5-8)11(10)13(19)15(14)7(2)17/h3-4,8-11H,5H2,1-2H3/t8-,9+,10-,11-/m0/s1. The van der Waals surface area contributed by atoms with Gasteiger partial charge in [0.05, 0.1) is 11.8 Å². The lowest BCUT2D eigenvalue weighted by Gasteiger charge is -2.41. The molecular weight excluding hydrogens is 248 g/mol. The molecule has 0 aromatic heterocycles. The van der Waals surface area contributed by atoms with Crippen LogP contribution >= 0.6 is 0 Å². The summed E-state index contributed by atoms with van der Waals surface area (Å²) in [7, 11) is 0. The summed E-state index contributed by atoms with van der Waals surface area (Å²) < 4.78 is 0. The van der Waals surface area contributed by atoms with Gasteiger partial charge in [-0.25, -0.2) is 0 Å². The van der Waals surface area contributed by atoms with Gasteiger partial charge in [-0.15, -0.1) is 0 Å². The molecule has 6 heteroatoms. The monoisotopic (exact) mass is 262 g/mol. The Morgan fingerprint density at radius 1 is 0.947 bits per heavy atom. The van der Waals surface area contributed by atoms with Crippen molar-refractivity contribution in [3.63, 3.8) is 0 Å². The van der Waals surface area contributed by atoms with E-state index in [9.17, 15) is 19.2 Å². The van der Waals surface area contributed by atoms with Gasteiger partial charge in [-0.2, -0.15) is 10.0 Å². The topological polar surface area (TPSA) is 74.8 Å². The summed E-state index contributed by atoms with van der Waals surface area (Å²) in [6.45, 7) is 2.37. The normalized spacial score (nSPS) is 35.9. The van der Waals surface area contributed by atoms with E-state index >= 15 is 0 Å². The van der Waals surface area contributed by atoms with E-state index in [4.69, 9.17) is 0 Å². The van der Waals surface area contributed by atoms with Gasteiger partial charge in [0.1, 0.15) is 0 Å². The molecular formula is C13H14N2O4. The van der Waals surface area contributed by atoms with Crippen LogP contribution in [0.1, 0.15) is 20.3 Å². The zero-order valence-corrected chi connectivity index (χ0v) is 10.7. The average Bonchev–Trinajstić information content (AvgIpc) is 2.92. The van der Waals surface area contributed by atoms with E-state index < -0.39 is 35.5 Å². The highest BCUT2D eigenvalue weighted by Crippen LogP contribution is 2.51. The number of amides is 4. The largest absolute Gasteiger partial charge is 0.273 e. The molecule has 4 atom stereocenters. The van der Waals surface area contributed by atoms with E-state index in [1.165, 1.54) is 13.8 Å². The smallest absolute Gasteiger partial charge is 0.253 e. The number of imide groups is 2. The van der Waals surface area contributed by atoms with E-state index in [0.29, 0.717) is 10.0 Å². The van der Waals surface area contributed by atoms with Crippen LogP contribution in [-0.4, -0.2) is 33.6 Å². The van der Waals surface area contributed by atoms with Gasteiger partial charge >= 0.3 is 0 Å². The second kappa shape index (κ2) is 3.76. The number of fused-ring (bicyclic) bond motifs is 5. The molecule has 2 bridgehead atoms. The van der Waals surface area contributed by atoms with Gasteiger partial charge in [0.25, 0.3) is 11.8 Å². The molecule has 0 radical (unpaired) electrons. The molecule has 0 N–H and O–H groups in total. The number of allylic oxidation sites excluding steroid dienone is 2. The van der Waals surface area contributed by atoms with Gasteiger partial charge in [0.2, 0.25) is 11.8 Å². The Balaban J connectivity index is 2.07. The van der Waals surface area contributed by atoms with Crippen molar-refractivity contribution >= 4 is 23.6 Å². The first-order valence-corrected chi connectivity index (χ1v) is 6.30. The van der Waals surface area contributed by atoms with Crippen molar-refractivity contribution in [1.29, 1.82) is 0 Å². The van der Waals surface area contributed by atoms with Crippen molar-refractivity contribution in [3.05, 3.63) is 12.2 Å². The molecule has 3 rings (SSSR count). The summed E-state index contributed by atoms with van der Waals surface area (Å²) >= 11 is 0. The molecule has 1 heterocycles. The Labute approximate surface area is 110 Å². The SMILES string of the molecule is CC(=O)N1C(=O)[C@@H]2[C@@H](C(=O)N1C(C)=O)[C@H]1C=C[C@@H]2C1. The van der Waals surface area contributed by atoms with Gasteiger partial charge in [-0.05, 0) is 18.3 Å². The maximum Gasteiger partial charge on any atom is 0.253 e. The lowest BCUT2D eigenvalue weighted by atomic mass is 9.80. The molecule has 0 spiro atoms. The van der Waals surface area contributed by atoms with Gasteiger partial charge in [0.15, 0.2) is 0 Å². The fourth-order valence-electron chi connectivity index (χ4n) is 3.57. The van der Waals surface area contributed by atoms with Crippen LogP contribution in [0.3, 0.4) is 0 Å². The van der Waals surface area contributed by atoms with Crippen LogP contribution in [0.2, 0.25) is 0 Å². The first-order chi connectivity index (χ1) is 8.93. The minimum atomic E-state index is -0.598. The molecule has 6 nitrogen and oxygen atoms in total. The van der Waals surface area contributed by atoms with E-state index in [2.05, 4.69) is 0 Å². The minimum Gasteiger partial charge on any atom is -0.273 e. The summed E-state index contributed by atoms with van der Waals surface area (Å²) in [6.07, 6.45) is 4.64. The molecule has 0 unspecified atom stereocenters. The number of hydrogen-bond donors (Lipinski definition) is 0. The van der Waals surface area contributed by atoms with E-state index in [1.54, 1.807) is 0 Å². The molecule has 100 valence electrons. The van der Waals surface area contributed by atoms with Crippen molar-refractivity contribution in [2.45, 2.75) is 20.3 Å². The first kappa shape index (κ1) is 12.1. The Kier molecular flexibility index (Phi) is 2.39. The Bertz CT molecular complexity index is 493. The third-order valence-electron chi connectivity index (χ3n) is 4.24. The van der Waals surface area contributed by atoms with Crippen molar-refractivity contribution in [1.82, 2.24) is 10.0 Å². The molecule has 1 aliphatic heterocycles. The summed E-state index contributed by atoms with van der Waals surface area (Å²) in [5.41, 5.74) is 0. The average molecular weight is 262 g/mol. The predicted molar refractivity (Wildman–Crippen MR) is 62.8 cm³/mol. The summed E-state index contributed by atoms with van der Waals surface area (Å²) in [5, 5.41) is 1.42. The second-order valence-electron chi connectivity index (χ2n) is 5.34. The molecule has 2 aliphatic carbocycles. The Hall–Kier alpha value is -1.98. The highest BCUT2D eigenvalue weighted by molar-refractivity contribution is 6.09. The molecule has 19 heavy (non-hydrogen) atoms. The zero-order valence-electron chi connectivity index (χ0n) is 10.7. The number of nitrogens with zero attached hydrogens (tertiary/aromatic N) is 2. The molecule has 2 fully saturated rings. The van der Waals surface area contributed by atoms with Crippen LogP contribution in [-0.2, 0) is 19.2 Å². The third-order valence-corrected chi connectivity index (χ3v) is 4.24. The third kappa shape index (κ3) is 1.42. The lowest BCUT2D eigenvalue weighted by Crippen LogP contribution is -2.64. The summed E-state index contributed by atoms with van der Waals surface area (Å²) in [5.74, 6) is -2.99. The van der Waals surface area contributed by atoms with Crippen LogP contribution in [0.15, 0.2) is 12.2 Å². The number of hydrogen-bond acceptors (Lipinski definition) is 4. The minimum absolute atomic E-state index is 0.0161. The number of carbonyl (C=O) groups is 4. The van der Waals surface area contributed by atoms with Crippen LogP contribution in [0.4, 0.5) is 0 Å². The van der Waals surface area contributed by atoms with Crippen molar-refractivity contribution in [3.8, 4) is 0 Å². The Morgan fingerprint density at radius 2 is 1.32 bits per heavy atom. The molecule has 0 aromatic carbocycles. The maximum absolute atomic E-state index is 12.4. The molecule has 1 saturated carbocycles. The van der Waals surface area contributed by atoms with Crippen molar-refractivity contribution < 1.29 is 19.2 Å². The van der Waals surface area contributed by atoms with Crippen molar-refractivity contribution in [2.75, 3.05) is 0 Å². The Morgan fingerprint density at radius 3 is 1.63 bits per heavy atom. The highest BCUT2D eigenvalue weighted by atomic mass is 16.2. The quantitative estimate of drug-likeness (QED) is 0.580. The van der Waals surface area contributed by atoms with Gasteiger partial charge in [-0.1, -0.05) is 12.2 Å². The van der Waals surface area contributed by atoms with E-state index in [0.717, 1.165) is 6.42 Å². The fraction of sp³-hybridized carbons (Fsp3) is 0.538. The number of carbonyl (C=O) groups excluding carboxylic acids is 4. The van der Waals surface area contributed by atoms with Gasteiger partial charge in [0, 0.05) is 13.8 Å².